The molecule has 2 nitrogen and oxygen atoms in total. The van der Waals surface area contributed by atoms with E-state index in [1.54, 1.807) is 0 Å². The topological polar surface area (TPSA) is 21.3 Å². The maximum atomic E-state index is 5.60. The van der Waals surface area contributed by atoms with Crippen molar-refractivity contribution in [3.8, 4) is 0 Å². The van der Waals surface area contributed by atoms with E-state index >= 15 is 0 Å². The second-order valence-corrected chi connectivity index (χ2v) is 5.72. The standard InChI is InChI=1S/C14H20BrNO/c1-10-6-12(8-13(15)7-10)14(16-2)11-4-3-5-17-9-11/h6-8,11,14,16H,3-5,9H2,1-2H3. The Bertz CT molecular complexity index is 354. The quantitative estimate of drug-likeness (QED) is 0.923. The van der Waals surface area contributed by atoms with E-state index in [-0.39, 0.29) is 0 Å². The van der Waals surface area contributed by atoms with Gasteiger partial charge in [0, 0.05) is 23.0 Å². The molecule has 1 fully saturated rings. The fourth-order valence-corrected chi connectivity index (χ4v) is 3.27. The molecule has 0 aromatic heterocycles. The first-order chi connectivity index (χ1) is 8.20. The van der Waals surface area contributed by atoms with Gasteiger partial charge in [0.05, 0.1) is 6.61 Å². The van der Waals surface area contributed by atoms with Gasteiger partial charge in [-0.1, -0.05) is 22.0 Å². The minimum Gasteiger partial charge on any atom is -0.381 e. The van der Waals surface area contributed by atoms with Crippen LogP contribution in [0.2, 0.25) is 0 Å². The minimum atomic E-state index is 0.395. The maximum Gasteiger partial charge on any atom is 0.0512 e. The zero-order valence-electron chi connectivity index (χ0n) is 10.5. The van der Waals surface area contributed by atoms with Crippen molar-refractivity contribution in [2.24, 2.45) is 5.92 Å². The lowest BCUT2D eigenvalue weighted by Gasteiger charge is -2.30. The summed E-state index contributed by atoms with van der Waals surface area (Å²) < 4.78 is 6.75. The van der Waals surface area contributed by atoms with Crippen LogP contribution < -0.4 is 5.32 Å². The molecule has 0 aliphatic carbocycles. The van der Waals surface area contributed by atoms with Crippen LogP contribution in [0, 0.1) is 12.8 Å². The molecule has 1 aromatic rings. The van der Waals surface area contributed by atoms with Crippen molar-refractivity contribution >= 4 is 15.9 Å². The van der Waals surface area contributed by atoms with Gasteiger partial charge >= 0.3 is 0 Å². The molecule has 0 radical (unpaired) electrons. The fraction of sp³-hybridized carbons (Fsp3) is 0.571. The van der Waals surface area contributed by atoms with Gasteiger partial charge < -0.3 is 10.1 Å². The highest BCUT2D eigenvalue weighted by Gasteiger charge is 2.24. The molecule has 0 saturated carbocycles. The number of hydrogen-bond acceptors (Lipinski definition) is 2. The van der Waals surface area contributed by atoms with Crippen molar-refractivity contribution in [1.29, 1.82) is 0 Å². The van der Waals surface area contributed by atoms with E-state index in [0.717, 1.165) is 17.7 Å². The molecule has 0 amide bonds. The van der Waals surface area contributed by atoms with Crippen molar-refractivity contribution in [1.82, 2.24) is 5.32 Å². The monoisotopic (exact) mass is 297 g/mol. The van der Waals surface area contributed by atoms with Gasteiger partial charge in [-0.3, -0.25) is 0 Å². The van der Waals surface area contributed by atoms with Crippen LogP contribution in [0.3, 0.4) is 0 Å². The van der Waals surface area contributed by atoms with Crippen LogP contribution in [0.25, 0.3) is 0 Å². The fourth-order valence-electron chi connectivity index (χ4n) is 2.65. The smallest absolute Gasteiger partial charge is 0.0512 e. The van der Waals surface area contributed by atoms with Gasteiger partial charge in [-0.25, -0.2) is 0 Å². The van der Waals surface area contributed by atoms with Crippen molar-refractivity contribution in [3.63, 3.8) is 0 Å². The molecule has 0 spiro atoms. The lowest BCUT2D eigenvalue weighted by atomic mass is 9.88. The van der Waals surface area contributed by atoms with Gasteiger partial charge in [0.2, 0.25) is 0 Å². The molecule has 17 heavy (non-hydrogen) atoms. The van der Waals surface area contributed by atoms with E-state index in [0.29, 0.717) is 12.0 Å². The number of hydrogen-bond donors (Lipinski definition) is 1. The van der Waals surface area contributed by atoms with Crippen LogP contribution in [0.1, 0.15) is 30.0 Å². The highest BCUT2D eigenvalue weighted by atomic mass is 79.9. The van der Waals surface area contributed by atoms with E-state index in [9.17, 15) is 0 Å². The summed E-state index contributed by atoms with van der Waals surface area (Å²) in [5.41, 5.74) is 2.65. The molecule has 2 rings (SSSR count). The summed E-state index contributed by atoms with van der Waals surface area (Å²) in [6.45, 7) is 3.93. The van der Waals surface area contributed by atoms with Crippen LogP contribution in [0.15, 0.2) is 22.7 Å². The lowest BCUT2D eigenvalue weighted by molar-refractivity contribution is 0.0402. The minimum absolute atomic E-state index is 0.395. The van der Waals surface area contributed by atoms with Crippen molar-refractivity contribution < 1.29 is 4.74 Å². The molecule has 1 aromatic carbocycles. The van der Waals surface area contributed by atoms with Crippen LogP contribution in [0.4, 0.5) is 0 Å². The van der Waals surface area contributed by atoms with Crippen molar-refractivity contribution in [2.75, 3.05) is 20.3 Å². The first-order valence-corrected chi connectivity index (χ1v) is 7.02. The molecule has 94 valence electrons. The lowest BCUT2D eigenvalue weighted by Crippen LogP contribution is -2.31. The molecule has 0 bridgehead atoms. The number of benzene rings is 1. The molecule has 1 aliphatic rings. The summed E-state index contributed by atoms with van der Waals surface area (Å²) in [7, 11) is 2.04. The number of nitrogens with one attached hydrogen (secondary N) is 1. The Morgan fingerprint density at radius 2 is 2.24 bits per heavy atom. The van der Waals surface area contributed by atoms with Gasteiger partial charge in [-0.2, -0.15) is 0 Å². The second kappa shape index (κ2) is 5.98. The largest absolute Gasteiger partial charge is 0.381 e. The van der Waals surface area contributed by atoms with Gasteiger partial charge in [-0.05, 0) is 50.1 Å². The Hall–Kier alpha value is -0.380. The predicted octanol–water partition coefficient (Wildman–Crippen LogP) is 3.44. The molecule has 1 saturated heterocycles. The first kappa shape index (κ1) is 13.1. The van der Waals surface area contributed by atoms with Crippen LogP contribution in [-0.4, -0.2) is 20.3 Å². The Kier molecular flexibility index (Phi) is 4.60. The van der Waals surface area contributed by atoms with Gasteiger partial charge in [-0.15, -0.1) is 0 Å². The predicted molar refractivity (Wildman–Crippen MR) is 74.2 cm³/mol. The summed E-state index contributed by atoms with van der Waals surface area (Å²) in [6, 6.07) is 7.02. The van der Waals surface area contributed by atoms with E-state index < -0.39 is 0 Å². The molecular weight excluding hydrogens is 278 g/mol. The van der Waals surface area contributed by atoms with Crippen LogP contribution >= 0.6 is 15.9 Å². The molecule has 3 heteroatoms. The maximum absolute atomic E-state index is 5.60. The molecule has 1 aliphatic heterocycles. The average Bonchev–Trinajstić information content (AvgIpc) is 2.30. The number of ether oxygens (including phenoxy) is 1. The van der Waals surface area contributed by atoms with E-state index in [1.807, 2.05) is 7.05 Å². The summed E-state index contributed by atoms with van der Waals surface area (Å²) in [5.74, 6) is 0.586. The van der Waals surface area contributed by atoms with Gasteiger partial charge in [0.1, 0.15) is 0 Å². The Morgan fingerprint density at radius 1 is 1.41 bits per heavy atom. The highest BCUT2D eigenvalue weighted by molar-refractivity contribution is 9.10. The van der Waals surface area contributed by atoms with E-state index in [2.05, 4.69) is 46.4 Å². The first-order valence-electron chi connectivity index (χ1n) is 6.23. The van der Waals surface area contributed by atoms with Crippen molar-refractivity contribution in [3.05, 3.63) is 33.8 Å². The zero-order chi connectivity index (χ0) is 12.3. The normalized spacial score (nSPS) is 22.4. The summed E-state index contributed by atoms with van der Waals surface area (Å²) >= 11 is 3.58. The van der Waals surface area contributed by atoms with Crippen LogP contribution in [-0.2, 0) is 4.74 Å². The number of halogens is 1. The van der Waals surface area contributed by atoms with E-state index in [1.165, 1.54) is 24.0 Å². The van der Waals surface area contributed by atoms with Crippen molar-refractivity contribution in [2.45, 2.75) is 25.8 Å². The second-order valence-electron chi connectivity index (χ2n) is 4.81. The Morgan fingerprint density at radius 3 is 2.82 bits per heavy atom. The number of rotatable bonds is 3. The zero-order valence-corrected chi connectivity index (χ0v) is 12.1. The van der Waals surface area contributed by atoms with E-state index in [4.69, 9.17) is 4.74 Å². The van der Waals surface area contributed by atoms with Gasteiger partial charge in [0.15, 0.2) is 0 Å². The number of aryl methyl sites for hydroxylation is 1. The highest BCUT2D eigenvalue weighted by Crippen LogP contribution is 2.30. The molecular formula is C14H20BrNO. The molecule has 1 heterocycles. The third-order valence-corrected chi connectivity index (χ3v) is 3.86. The summed E-state index contributed by atoms with van der Waals surface area (Å²) in [5, 5.41) is 3.44. The van der Waals surface area contributed by atoms with Crippen LogP contribution in [0.5, 0.6) is 0 Å². The third-order valence-electron chi connectivity index (χ3n) is 3.40. The molecule has 1 N–H and O–H groups in total. The average molecular weight is 298 g/mol. The molecule has 2 unspecified atom stereocenters. The summed E-state index contributed by atoms with van der Waals surface area (Å²) in [6.07, 6.45) is 2.42. The SMILES string of the molecule is CNC(c1cc(C)cc(Br)c1)C1CCCOC1. The Balaban J connectivity index is 2.21. The molecule has 2 atom stereocenters. The Labute approximate surface area is 112 Å². The third kappa shape index (κ3) is 3.30. The summed E-state index contributed by atoms with van der Waals surface area (Å²) in [4.78, 5) is 0. The van der Waals surface area contributed by atoms with Gasteiger partial charge in [0.25, 0.3) is 0 Å².